The van der Waals surface area contributed by atoms with Crippen LogP contribution in [0.5, 0.6) is 5.75 Å². The third-order valence-electron chi connectivity index (χ3n) is 8.89. The molecule has 1 aromatic rings. The summed E-state index contributed by atoms with van der Waals surface area (Å²) in [5.74, 6) is 2.71. The van der Waals surface area contributed by atoms with Gasteiger partial charge in [-0.05, 0) is 55.4 Å². The lowest BCUT2D eigenvalue weighted by atomic mass is 9.82. The van der Waals surface area contributed by atoms with Gasteiger partial charge in [-0.25, -0.2) is 5.01 Å². The zero-order valence-corrected chi connectivity index (χ0v) is 28.0. The molecule has 0 bridgehead atoms. The molecule has 1 aliphatic rings. The van der Waals surface area contributed by atoms with E-state index in [4.69, 9.17) is 15.9 Å². The number of hydrazone groups is 1. The van der Waals surface area contributed by atoms with E-state index in [0.717, 1.165) is 24.2 Å². The summed E-state index contributed by atoms with van der Waals surface area (Å²) in [7, 11) is 3.78. The minimum Gasteiger partial charge on any atom is -0.493 e. The van der Waals surface area contributed by atoms with E-state index in [0.29, 0.717) is 36.7 Å². The van der Waals surface area contributed by atoms with E-state index in [1.54, 1.807) is 5.01 Å². The molecule has 43 heavy (non-hydrogen) atoms. The number of hydrogen-bond donors (Lipinski definition) is 2. The van der Waals surface area contributed by atoms with Crippen LogP contribution in [0.25, 0.3) is 0 Å². The van der Waals surface area contributed by atoms with Crippen LogP contribution in [0.2, 0.25) is 0 Å². The van der Waals surface area contributed by atoms with Crippen LogP contribution in [-0.4, -0.2) is 54.7 Å². The van der Waals surface area contributed by atoms with Crippen molar-refractivity contribution in [2.75, 3.05) is 27.2 Å². The predicted molar refractivity (Wildman–Crippen MR) is 182 cm³/mol. The van der Waals surface area contributed by atoms with Gasteiger partial charge in [0.2, 0.25) is 5.91 Å². The zero-order chi connectivity index (χ0) is 31.3. The highest BCUT2D eigenvalue weighted by Gasteiger charge is 2.26. The van der Waals surface area contributed by atoms with Crippen LogP contribution in [0.4, 0.5) is 0 Å². The SMILES string of the molecule is CCCCCCCCCCC(COc1ccc(C(=N)N(C)C)cc1)C(CCCCCCCCC)CCN1N=C(N)CC1=O. The number of carbonyl (C=O) groups excluding carboxylic acids is 1. The third-order valence-corrected chi connectivity index (χ3v) is 8.89. The first kappa shape index (κ1) is 36.6. The van der Waals surface area contributed by atoms with Gasteiger partial charge in [0.15, 0.2) is 0 Å². The molecule has 7 nitrogen and oxygen atoms in total. The van der Waals surface area contributed by atoms with Crippen LogP contribution < -0.4 is 10.5 Å². The predicted octanol–water partition coefficient (Wildman–Crippen LogP) is 8.75. The van der Waals surface area contributed by atoms with E-state index in [1.807, 2.05) is 43.3 Å². The molecule has 2 atom stereocenters. The number of hydrogen-bond acceptors (Lipinski definition) is 5. The molecule has 0 aliphatic carbocycles. The molecular formula is C36H63N5O2. The largest absolute Gasteiger partial charge is 0.493 e. The van der Waals surface area contributed by atoms with Crippen molar-refractivity contribution in [2.24, 2.45) is 22.7 Å². The van der Waals surface area contributed by atoms with E-state index in [2.05, 4.69) is 18.9 Å². The fraction of sp³-hybridized carbons (Fsp3) is 0.750. The van der Waals surface area contributed by atoms with Gasteiger partial charge < -0.3 is 15.4 Å². The Bertz CT molecular complexity index is 930. The molecule has 2 rings (SSSR count). The molecule has 1 heterocycles. The van der Waals surface area contributed by atoms with E-state index in [9.17, 15) is 4.79 Å². The van der Waals surface area contributed by atoms with Crippen LogP contribution in [0.3, 0.4) is 0 Å². The molecule has 3 N–H and O–H groups in total. The Balaban J connectivity index is 2.04. The molecule has 7 heteroatoms. The molecule has 1 aromatic carbocycles. The number of benzene rings is 1. The van der Waals surface area contributed by atoms with Crippen molar-refractivity contribution in [3.63, 3.8) is 0 Å². The number of amidine groups is 2. The highest BCUT2D eigenvalue weighted by molar-refractivity contribution is 6.02. The summed E-state index contributed by atoms with van der Waals surface area (Å²) in [6.45, 7) is 5.86. The van der Waals surface area contributed by atoms with Crippen LogP contribution in [0.1, 0.15) is 141 Å². The van der Waals surface area contributed by atoms with Gasteiger partial charge in [0.1, 0.15) is 17.4 Å². The first-order valence-electron chi connectivity index (χ1n) is 17.5. The van der Waals surface area contributed by atoms with Crippen LogP contribution >= 0.6 is 0 Å². The second-order valence-corrected chi connectivity index (χ2v) is 12.8. The highest BCUT2D eigenvalue weighted by atomic mass is 16.5. The molecule has 0 saturated carbocycles. The number of nitrogens with zero attached hydrogens (tertiary/aromatic N) is 3. The summed E-state index contributed by atoms with van der Waals surface area (Å²) in [6.07, 6.45) is 23.1. The lowest BCUT2D eigenvalue weighted by Crippen LogP contribution is -2.28. The molecule has 244 valence electrons. The van der Waals surface area contributed by atoms with Gasteiger partial charge in [-0.3, -0.25) is 10.2 Å². The Kier molecular flexibility index (Phi) is 18.7. The highest BCUT2D eigenvalue weighted by Crippen LogP contribution is 2.30. The molecule has 1 aliphatic heterocycles. The number of unbranched alkanes of at least 4 members (excludes halogenated alkanes) is 13. The summed E-state index contributed by atoms with van der Waals surface area (Å²) in [4.78, 5) is 14.2. The van der Waals surface area contributed by atoms with E-state index in [-0.39, 0.29) is 12.3 Å². The van der Waals surface area contributed by atoms with Crippen molar-refractivity contribution in [3.8, 4) is 5.75 Å². The number of nitrogens with two attached hydrogens (primary N) is 1. The van der Waals surface area contributed by atoms with Gasteiger partial charge in [0.05, 0.1) is 13.0 Å². The Labute approximate surface area is 263 Å². The fourth-order valence-electron chi connectivity index (χ4n) is 6.10. The summed E-state index contributed by atoms with van der Waals surface area (Å²) < 4.78 is 6.44. The van der Waals surface area contributed by atoms with Crippen LogP contribution in [0, 0.1) is 17.2 Å². The van der Waals surface area contributed by atoms with E-state index < -0.39 is 0 Å². The second-order valence-electron chi connectivity index (χ2n) is 12.8. The van der Waals surface area contributed by atoms with Crippen molar-refractivity contribution in [1.82, 2.24) is 9.91 Å². The number of rotatable bonds is 25. The Morgan fingerprint density at radius 1 is 0.837 bits per heavy atom. The normalized spacial score (nSPS) is 14.6. The molecule has 0 fully saturated rings. The lowest BCUT2D eigenvalue weighted by molar-refractivity contribution is -0.128. The molecule has 0 spiro atoms. The molecule has 0 aromatic heterocycles. The molecule has 0 radical (unpaired) electrons. The fourth-order valence-corrected chi connectivity index (χ4v) is 6.10. The summed E-state index contributed by atoms with van der Waals surface area (Å²) >= 11 is 0. The average molecular weight is 598 g/mol. The maximum Gasteiger partial charge on any atom is 0.250 e. The summed E-state index contributed by atoms with van der Waals surface area (Å²) in [5, 5.41) is 14.2. The van der Waals surface area contributed by atoms with Crippen molar-refractivity contribution in [3.05, 3.63) is 29.8 Å². The molecule has 2 unspecified atom stereocenters. The van der Waals surface area contributed by atoms with E-state index >= 15 is 0 Å². The minimum absolute atomic E-state index is 0.0198. The number of carbonyl (C=O) groups is 1. The first-order valence-corrected chi connectivity index (χ1v) is 17.5. The van der Waals surface area contributed by atoms with Crippen molar-refractivity contribution >= 4 is 17.6 Å². The van der Waals surface area contributed by atoms with Crippen molar-refractivity contribution in [2.45, 2.75) is 136 Å². The standard InChI is InChI=1S/C36H63N5O2/c1-5-7-9-11-13-15-17-19-21-32(29-43-33-24-22-31(23-25-33)36(38)40(3)4)30(20-18-16-14-12-10-8-6-2)26-27-41-35(42)28-34(37)39-41/h22-25,30,32,38H,5-21,26-29H2,1-4H3,(H2,37,39). The van der Waals surface area contributed by atoms with Gasteiger partial charge in [0.25, 0.3) is 0 Å². The molecule has 1 amide bonds. The summed E-state index contributed by atoms with van der Waals surface area (Å²) in [5.41, 5.74) is 6.76. The Morgan fingerprint density at radius 3 is 1.84 bits per heavy atom. The summed E-state index contributed by atoms with van der Waals surface area (Å²) in [6, 6.07) is 7.93. The maximum absolute atomic E-state index is 12.4. The van der Waals surface area contributed by atoms with Gasteiger partial charge in [-0.1, -0.05) is 110 Å². The quantitative estimate of drug-likeness (QED) is 0.0669. The van der Waals surface area contributed by atoms with E-state index in [1.165, 1.54) is 103 Å². The maximum atomic E-state index is 12.4. The topological polar surface area (TPSA) is 95.0 Å². The number of ether oxygens (including phenoxy) is 1. The lowest BCUT2D eigenvalue weighted by Gasteiger charge is -2.29. The average Bonchev–Trinajstić information content (AvgIpc) is 3.33. The molecule has 0 saturated heterocycles. The second kappa shape index (κ2) is 22.0. The smallest absolute Gasteiger partial charge is 0.250 e. The van der Waals surface area contributed by atoms with Gasteiger partial charge in [0, 0.05) is 26.2 Å². The monoisotopic (exact) mass is 597 g/mol. The Hall–Kier alpha value is -2.57. The number of nitrogens with one attached hydrogen (secondary N) is 1. The third kappa shape index (κ3) is 15.1. The molecular weight excluding hydrogens is 534 g/mol. The Morgan fingerprint density at radius 2 is 1.35 bits per heavy atom. The van der Waals surface area contributed by atoms with Crippen LogP contribution in [0.15, 0.2) is 29.4 Å². The van der Waals surface area contributed by atoms with Crippen molar-refractivity contribution < 1.29 is 9.53 Å². The van der Waals surface area contributed by atoms with Gasteiger partial charge in [-0.2, -0.15) is 5.10 Å². The van der Waals surface area contributed by atoms with Gasteiger partial charge >= 0.3 is 0 Å². The van der Waals surface area contributed by atoms with Gasteiger partial charge in [-0.15, -0.1) is 0 Å². The zero-order valence-electron chi connectivity index (χ0n) is 28.0. The minimum atomic E-state index is 0.0198. The first-order chi connectivity index (χ1) is 20.8. The number of amides is 1. The van der Waals surface area contributed by atoms with Crippen LogP contribution in [-0.2, 0) is 4.79 Å². The van der Waals surface area contributed by atoms with Crippen molar-refractivity contribution in [1.29, 1.82) is 5.41 Å².